The van der Waals surface area contributed by atoms with Crippen LogP contribution in [0.15, 0.2) is 47.1 Å². The Labute approximate surface area is 153 Å². The fourth-order valence-corrected chi connectivity index (χ4v) is 3.23. The lowest BCUT2D eigenvalue weighted by molar-refractivity contribution is -0.147. The topological polar surface area (TPSA) is 93.1 Å². The van der Waals surface area contributed by atoms with Gasteiger partial charge in [0.2, 0.25) is 0 Å². The van der Waals surface area contributed by atoms with Gasteiger partial charge in [-0.1, -0.05) is 18.2 Å². The smallest absolute Gasteiger partial charge is 0.334 e. The van der Waals surface area contributed by atoms with Crippen LogP contribution in [0.2, 0.25) is 0 Å². The first-order chi connectivity index (χ1) is 12.4. The maximum absolute atomic E-state index is 12.3. The van der Waals surface area contributed by atoms with E-state index in [2.05, 4.69) is 6.58 Å². The normalized spacial score (nSPS) is 31.2. The minimum absolute atomic E-state index is 0.122. The Morgan fingerprint density at radius 2 is 2.19 bits per heavy atom. The first-order valence-corrected chi connectivity index (χ1v) is 8.71. The van der Waals surface area contributed by atoms with Crippen molar-refractivity contribution in [2.45, 2.75) is 45.3 Å². The molecule has 0 aromatic heterocycles. The number of carbonyl (C=O) groups is 2. The van der Waals surface area contributed by atoms with Gasteiger partial charge in [0.15, 0.2) is 0 Å². The van der Waals surface area contributed by atoms with E-state index in [0.717, 1.165) is 17.6 Å². The summed E-state index contributed by atoms with van der Waals surface area (Å²) in [6, 6.07) is 0. The lowest BCUT2D eigenvalue weighted by Crippen LogP contribution is -2.33. The zero-order chi connectivity index (χ0) is 19.3. The highest BCUT2D eigenvalue weighted by atomic mass is 16.6. The molecule has 1 heterocycles. The molecule has 0 saturated carbocycles. The molecule has 2 N–H and O–H groups in total. The Bertz CT molecular complexity index is 670. The van der Waals surface area contributed by atoms with Gasteiger partial charge in [-0.15, -0.1) is 0 Å². The van der Waals surface area contributed by atoms with E-state index < -0.39 is 30.1 Å². The Hall–Kier alpha value is -2.18. The summed E-state index contributed by atoms with van der Waals surface area (Å²) in [4.78, 5) is 24.4. The zero-order valence-electron chi connectivity index (χ0n) is 15.2. The summed E-state index contributed by atoms with van der Waals surface area (Å²) in [5, 5.41) is 18.5. The molecule has 2 aliphatic rings. The van der Waals surface area contributed by atoms with Crippen molar-refractivity contribution in [3.63, 3.8) is 0 Å². The summed E-state index contributed by atoms with van der Waals surface area (Å²) < 4.78 is 11.1. The van der Waals surface area contributed by atoms with Crippen molar-refractivity contribution in [2.24, 2.45) is 5.92 Å². The number of aliphatic hydroxyl groups excluding tert-OH is 2. The number of hydrogen-bond donors (Lipinski definition) is 2. The minimum Gasteiger partial charge on any atom is -0.458 e. The molecule has 1 fully saturated rings. The number of esters is 2. The van der Waals surface area contributed by atoms with Crippen LogP contribution in [0.25, 0.3) is 0 Å². The predicted octanol–water partition coefficient (Wildman–Crippen LogP) is 1.98. The summed E-state index contributed by atoms with van der Waals surface area (Å²) >= 11 is 0. The second kappa shape index (κ2) is 8.96. The Kier molecular flexibility index (Phi) is 6.94. The third kappa shape index (κ3) is 4.71. The molecule has 142 valence electrons. The molecule has 26 heavy (non-hydrogen) atoms. The molecular formula is C20H26O6. The number of fused-ring (bicyclic) bond motifs is 1. The van der Waals surface area contributed by atoms with E-state index in [4.69, 9.17) is 14.6 Å². The number of hydrogen-bond acceptors (Lipinski definition) is 6. The predicted molar refractivity (Wildman–Crippen MR) is 96.0 cm³/mol. The Morgan fingerprint density at radius 3 is 2.85 bits per heavy atom. The van der Waals surface area contributed by atoms with Gasteiger partial charge in [0.05, 0.1) is 19.1 Å². The quantitative estimate of drug-likeness (QED) is 0.451. The Morgan fingerprint density at radius 1 is 1.46 bits per heavy atom. The Balaban J connectivity index is 2.38. The number of rotatable bonds is 4. The van der Waals surface area contributed by atoms with Crippen molar-refractivity contribution in [1.29, 1.82) is 0 Å². The molecule has 1 saturated heterocycles. The molecule has 0 aromatic rings. The van der Waals surface area contributed by atoms with Crippen LogP contribution in [-0.2, 0) is 19.1 Å². The van der Waals surface area contributed by atoms with Crippen LogP contribution in [0.5, 0.6) is 0 Å². The van der Waals surface area contributed by atoms with Crippen LogP contribution in [-0.4, -0.2) is 47.6 Å². The number of ether oxygens (including phenoxy) is 2. The molecule has 3 atom stereocenters. The summed E-state index contributed by atoms with van der Waals surface area (Å²) in [5.74, 6) is -1.58. The van der Waals surface area contributed by atoms with Crippen molar-refractivity contribution < 1.29 is 29.3 Å². The fourth-order valence-electron chi connectivity index (χ4n) is 3.23. The molecule has 6 heteroatoms. The molecule has 0 spiro atoms. The number of allylic oxidation sites excluding steroid dienone is 1. The maximum Gasteiger partial charge on any atom is 0.334 e. The summed E-state index contributed by atoms with van der Waals surface area (Å²) in [5.41, 5.74) is 2.36. The molecule has 0 radical (unpaired) electrons. The van der Waals surface area contributed by atoms with Crippen molar-refractivity contribution >= 4 is 11.9 Å². The zero-order valence-corrected chi connectivity index (χ0v) is 15.2. The van der Waals surface area contributed by atoms with E-state index in [1.54, 1.807) is 13.0 Å². The van der Waals surface area contributed by atoms with E-state index in [1.807, 2.05) is 13.0 Å². The SMILES string of the molecule is C=C1C(=O)O[C@@H]2/C=C(\CO)CC/C=C(\C)C[C@H](OC(=O)/C(C)=C/CO)[C@@H]12. The van der Waals surface area contributed by atoms with Crippen LogP contribution in [0.3, 0.4) is 0 Å². The minimum atomic E-state index is -0.626. The van der Waals surface area contributed by atoms with Gasteiger partial charge in [-0.05, 0) is 44.4 Å². The molecule has 1 aliphatic heterocycles. The summed E-state index contributed by atoms with van der Waals surface area (Å²) in [6.07, 6.45) is 5.78. The van der Waals surface area contributed by atoms with Crippen molar-refractivity contribution in [3.05, 3.63) is 47.1 Å². The first-order valence-electron chi connectivity index (χ1n) is 8.71. The van der Waals surface area contributed by atoms with Crippen LogP contribution in [0.1, 0.15) is 33.1 Å². The lowest BCUT2D eigenvalue weighted by Gasteiger charge is -2.27. The first kappa shape index (κ1) is 20.1. The standard InChI is InChI=1S/C20H26O6/c1-12-5-4-6-15(11-22)10-17-18(14(3)20(24)26-17)16(9-12)25-19(23)13(2)7-8-21/h5,7,10,16-18,21-22H,3-4,6,8-9,11H2,1-2H3/b12-5+,13-7+,15-10-/t16-,17+,18+/m0/s1. The summed E-state index contributed by atoms with van der Waals surface area (Å²) in [7, 11) is 0. The highest BCUT2D eigenvalue weighted by Gasteiger charge is 2.44. The van der Waals surface area contributed by atoms with E-state index >= 15 is 0 Å². The van der Waals surface area contributed by atoms with E-state index in [-0.39, 0.29) is 18.8 Å². The van der Waals surface area contributed by atoms with Crippen LogP contribution in [0, 0.1) is 5.92 Å². The van der Waals surface area contributed by atoms with Crippen LogP contribution >= 0.6 is 0 Å². The van der Waals surface area contributed by atoms with Crippen molar-refractivity contribution in [2.75, 3.05) is 13.2 Å². The van der Waals surface area contributed by atoms with Crippen molar-refractivity contribution in [3.8, 4) is 0 Å². The molecule has 0 amide bonds. The van der Waals surface area contributed by atoms with Crippen LogP contribution in [0.4, 0.5) is 0 Å². The molecule has 6 nitrogen and oxygen atoms in total. The maximum atomic E-state index is 12.3. The van der Waals surface area contributed by atoms with E-state index in [0.29, 0.717) is 18.4 Å². The van der Waals surface area contributed by atoms with Gasteiger partial charge < -0.3 is 19.7 Å². The van der Waals surface area contributed by atoms with Gasteiger partial charge in [0.25, 0.3) is 0 Å². The number of carbonyl (C=O) groups excluding carboxylic acids is 2. The van der Waals surface area contributed by atoms with E-state index in [1.165, 1.54) is 6.08 Å². The van der Waals surface area contributed by atoms with E-state index in [9.17, 15) is 14.7 Å². The fraction of sp³-hybridized carbons (Fsp3) is 0.500. The third-order valence-electron chi connectivity index (χ3n) is 4.72. The molecule has 0 bridgehead atoms. The van der Waals surface area contributed by atoms with Gasteiger partial charge >= 0.3 is 11.9 Å². The average Bonchev–Trinajstić information content (AvgIpc) is 2.87. The third-order valence-corrected chi connectivity index (χ3v) is 4.72. The molecule has 0 unspecified atom stereocenters. The largest absolute Gasteiger partial charge is 0.458 e. The summed E-state index contributed by atoms with van der Waals surface area (Å²) in [6.45, 7) is 6.95. The van der Waals surface area contributed by atoms with Crippen molar-refractivity contribution in [1.82, 2.24) is 0 Å². The second-order valence-electron chi connectivity index (χ2n) is 6.71. The van der Waals surface area contributed by atoms with Gasteiger partial charge in [-0.2, -0.15) is 0 Å². The van der Waals surface area contributed by atoms with Crippen LogP contribution < -0.4 is 0 Å². The van der Waals surface area contributed by atoms with Gasteiger partial charge in [0, 0.05) is 17.6 Å². The lowest BCUT2D eigenvalue weighted by atomic mass is 9.85. The highest BCUT2D eigenvalue weighted by molar-refractivity contribution is 5.92. The molecular weight excluding hydrogens is 336 g/mol. The monoisotopic (exact) mass is 362 g/mol. The molecule has 1 aliphatic carbocycles. The average molecular weight is 362 g/mol. The highest BCUT2D eigenvalue weighted by Crippen LogP contribution is 2.36. The van der Waals surface area contributed by atoms with Gasteiger partial charge in [0.1, 0.15) is 12.2 Å². The second-order valence-corrected chi connectivity index (χ2v) is 6.71. The van der Waals surface area contributed by atoms with Gasteiger partial charge in [-0.25, -0.2) is 9.59 Å². The van der Waals surface area contributed by atoms with Gasteiger partial charge in [-0.3, -0.25) is 0 Å². The molecule has 0 aromatic carbocycles. The number of aliphatic hydroxyl groups is 2. The molecule has 2 rings (SSSR count).